The molecule has 1 heterocycles. The van der Waals surface area contributed by atoms with Gasteiger partial charge in [-0.05, 0) is 26.1 Å². The van der Waals surface area contributed by atoms with E-state index in [0.717, 1.165) is 17.8 Å². The molecular weight excluding hydrogens is 232 g/mol. The van der Waals surface area contributed by atoms with Crippen molar-refractivity contribution in [1.29, 1.82) is 0 Å². The number of benzene rings is 1. The number of para-hydroxylation sites is 1. The second kappa shape index (κ2) is 5.48. The van der Waals surface area contributed by atoms with Crippen molar-refractivity contribution in [2.24, 2.45) is 0 Å². The lowest BCUT2D eigenvalue weighted by molar-refractivity contribution is 0.265. The maximum atomic E-state index is 5.85. The van der Waals surface area contributed by atoms with Crippen molar-refractivity contribution < 1.29 is 0 Å². The fraction of sp³-hybridized carbons (Fsp3) is 0.357. The summed E-state index contributed by atoms with van der Waals surface area (Å²) in [5, 5.41) is 1.18. The predicted molar refractivity (Wildman–Crippen MR) is 73.4 cm³/mol. The minimum atomic E-state index is 0.366. The van der Waals surface area contributed by atoms with Crippen LogP contribution < -0.4 is 0 Å². The SMILES string of the molecule is CC(CCl)N(C)Cc1ccc2ccccc2n1. The average molecular weight is 249 g/mol. The van der Waals surface area contributed by atoms with E-state index in [1.54, 1.807) is 0 Å². The summed E-state index contributed by atoms with van der Waals surface area (Å²) >= 11 is 5.85. The molecule has 0 saturated carbocycles. The molecule has 0 spiro atoms. The third kappa shape index (κ3) is 2.96. The highest BCUT2D eigenvalue weighted by molar-refractivity contribution is 6.18. The molecule has 1 unspecified atom stereocenters. The number of rotatable bonds is 4. The van der Waals surface area contributed by atoms with Crippen LogP contribution in [0, 0.1) is 0 Å². The molecule has 0 aliphatic heterocycles. The van der Waals surface area contributed by atoms with Gasteiger partial charge in [-0.15, -0.1) is 11.6 Å². The number of halogens is 1. The Balaban J connectivity index is 2.19. The molecule has 0 amide bonds. The van der Waals surface area contributed by atoms with Crippen LogP contribution in [0.4, 0.5) is 0 Å². The molecule has 90 valence electrons. The topological polar surface area (TPSA) is 16.1 Å². The molecule has 1 atom stereocenters. The van der Waals surface area contributed by atoms with Crippen molar-refractivity contribution in [3.05, 3.63) is 42.1 Å². The molecule has 0 radical (unpaired) electrons. The maximum absolute atomic E-state index is 5.85. The lowest BCUT2D eigenvalue weighted by Crippen LogP contribution is -2.30. The summed E-state index contributed by atoms with van der Waals surface area (Å²) in [6, 6.07) is 12.7. The number of nitrogens with zero attached hydrogens (tertiary/aromatic N) is 2. The molecule has 0 bridgehead atoms. The molecular formula is C14H17ClN2. The van der Waals surface area contributed by atoms with E-state index in [1.165, 1.54) is 5.39 Å². The zero-order valence-electron chi connectivity index (χ0n) is 10.2. The van der Waals surface area contributed by atoms with E-state index in [0.29, 0.717) is 11.9 Å². The number of hydrogen-bond donors (Lipinski definition) is 0. The van der Waals surface area contributed by atoms with Gasteiger partial charge in [-0.3, -0.25) is 9.88 Å². The van der Waals surface area contributed by atoms with Crippen molar-refractivity contribution in [3.8, 4) is 0 Å². The highest BCUT2D eigenvalue weighted by Crippen LogP contribution is 2.13. The normalized spacial score (nSPS) is 13.2. The Labute approximate surface area is 107 Å². The molecule has 2 rings (SSSR count). The van der Waals surface area contributed by atoms with Crippen molar-refractivity contribution in [1.82, 2.24) is 9.88 Å². The van der Waals surface area contributed by atoms with Gasteiger partial charge in [0.05, 0.1) is 11.2 Å². The number of hydrogen-bond acceptors (Lipinski definition) is 2. The summed E-state index contributed by atoms with van der Waals surface area (Å²) in [6.45, 7) is 2.95. The first-order valence-corrected chi connectivity index (χ1v) is 6.35. The van der Waals surface area contributed by atoms with Crippen molar-refractivity contribution >= 4 is 22.5 Å². The Kier molecular flexibility index (Phi) is 3.97. The van der Waals surface area contributed by atoms with Gasteiger partial charge in [0.1, 0.15) is 0 Å². The van der Waals surface area contributed by atoms with Crippen molar-refractivity contribution in [2.75, 3.05) is 12.9 Å². The van der Waals surface area contributed by atoms with Crippen LogP contribution in [0.2, 0.25) is 0 Å². The van der Waals surface area contributed by atoms with Crippen LogP contribution >= 0.6 is 11.6 Å². The second-order valence-corrected chi connectivity index (χ2v) is 4.72. The molecule has 1 aromatic heterocycles. The first-order valence-electron chi connectivity index (χ1n) is 5.81. The minimum Gasteiger partial charge on any atom is -0.297 e. The van der Waals surface area contributed by atoms with Gasteiger partial charge in [0.15, 0.2) is 0 Å². The van der Waals surface area contributed by atoms with Crippen molar-refractivity contribution in [3.63, 3.8) is 0 Å². The van der Waals surface area contributed by atoms with E-state index < -0.39 is 0 Å². The zero-order chi connectivity index (χ0) is 12.3. The van der Waals surface area contributed by atoms with E-state index in [1.807, 2.05) is 18.2 Å². The fourth-order valence-electron chi connectivity index (χ4n) is 1.73. The predicted octanol–water partition coefficient (Wildman–Crippen LogP) is 3.29. The van der Waals surface area contributed by atoms with Gasteiger partial charge in [-0.2, -0.15) is 0 Å². The maximum Gasteiger partial charge on any atom is 0.0705 e. The van der Waals surface area contributed by atoms with Crippen molar-refractivity contribution in [2.45, 2.75) is 19.5 Å². The molecule has 0 aliphatic carbocycles. The summed E-state index contributed by atoms with van der Waals surface area (Å²) in [4.78, 5) is 6.86. The monoisotopic (exact) mass is 248 g/mol. The van der Waals surface area contributed by atoms with Gasteiger partial charge in [0, 0.05) is 23.9 Å². The van der Waals surface area contributed by atoms with E-state index in [9.17, 15) is 0 Å². The number of fused-ring (bicyclic) bond motifs is 1. The van der Waals surface area contributed by atoms with Gasteiger partial charge in [-0.25, -0.2) is 0 Å². The molecule has 17 heavy (non-hydrogen) atoms. The molecule has 1 aromatic carbocycles. The van der Waals surface area contributed by atoms with E-state index in [-0.39, 0.29) is 0 Å². The molecule has 0 saturated heterocycles. The number of aromatic nitrogens is 1. The Bertz CT molecular complexity index is 498. The summed E-state index contributed by atoms with van der Waals surface area (Å²) in [5.74, 6) is 0.643. The average Bonchev–Trinajstić information content (AvgIpc) is 2.37. The third-order valence-electron chi connectivity index (χ3n) is 3.04. The zero-order valence-corrected chi connectivity index (χ0v) is 11.0. The van der Waals surface area contributed by atoms with E-state index in [4.69, 9.17) is 11.6 Å². The number of pyridine rings is 1. The Morgan fingerprint density at radius 2 is 2.00 bits per heavy atom. The first kappa shape index (κ1) is 12.3. The van der Waals surface area contributed by atoms with Crippen LogP contribution in [-0.4, -0.2) is 28.9 Å². The van der Waals surface area contributed by atoms with E-state index >= 15 is 0 Å². The molecule has 2 nitrogen and oxygen atoms in total. The van der Waals surface area contributed by atoms with Gasteiger partial charge in [0.2, 0.25) is 0 Å². The lowest BCUT2D eigenvalue weighted by atomic mass is 10.2. The lowest BCUT2D eigenvalue weighted by Gasteiger charge is -2.22. The third-order valence-corrected chi connectivity index (χ3v) is 3.49. The Hall–Kier alpha value is -1.12. The van der Waals surface area contributed by atoms with Gasteiger partial charge < -0.3 is 0 Å². The molecule has 3 heteroatoms. The molecule has 2 aromatic rings. The minimum absolute atomic E-state index is 0.366. The van der Waals surface area contributed by atoms with Crippen LogP contribution in [0.25, 0.3) is 10.9 Å². The molecule has 0 fully saturated rings. The van der Waals surface area contributed by atoms with Gasteiger partial charge in [0.25, 0.3) is 0 Å². The fourth-order valence-corrected chi connectivity index (χ4v) is 1.96. The Morgan fingerprint density at radius 1 is 1.24 bits per heavy atom. The summed E-state index contributed by atoms with van der Waals surface area (Å²) in [7, 11) is 2.07. The van der Waals surface area contributed by atoms with Crippen LogP contribution in [0.15, 0.2) is 36.4 Å². The van der Waals surface area contributed by atoms with Crippen LogP contribution in [0.1, 0.15) is 12.6 Å². The second-order valence-electron chi connectivity index (χ2n) is 4.41. The van der Waals surface area contributed by atoms with E-state index in [2.05, 4.69) is 42.1 Å². The molecule has 0 aliphatic rings. The smallest absolute Gasteiger partial charge is 0.0705 e. The quantitative estimate of drug-likeness (QED) is 0.772. The molecule has 0 N–H and O–H groups in total. The van der Waals surface area contributed by atoms with Gasteiger partial charge >= 0.3 is 0 Å². The van der Waals surface area contributed by atoms with Crippen LogP contribution in [-0.2, 0) is 6.54 Å². The van der Waals surface area contributed by atoms with Crippen LogP contribution in [0.5, 0.6) is 0 Å². The summed E-state index contributed by atoms with van der Waals surface area (Å²) < 4.78 is 0. The Morgan fingerprint density at radius 3 is 2.76 bits per heavy atom. The van der Waals surface area contributed by atoms with Gasteiger partial charge in [-0.1, -0.05) is 24.3 Å². The largest absolute Gasteiger partial charge is 0.297 e. The highest BCUT2D eigenvalue weighted by Gasteiger charge is 2.09. The number of alkyl halides is 1. The van der Waals surface area contributed by atoms with Crippen LogP contribution in [0.3, 0.4) is 0 Å². The first-order chi connectivity index (χ1) is 8.20. The highest BCUT2D eigenvalue weighted by atomic mass is 35.5. The summed E-state index contributed by atoms with van der Waals surface area (Å²) in [6.07, 6.45) is 0. The standard InChI is InChI=1S/C14H17ClN2/c1-11(9-15)17(2)10-13-8-7-12-5-3-4-6-14(12)16-13/h3-8,11H,9-10H2,1-2H3. The summed E-state index contributed by atoms with van der Waals surface area (Å²) in [5.41, 5.74) is 2.14.